The van der Waals surface area contributed by atoms with E-state index in [2.05, 4.69) is 16.2 Å². The first-order valence-electron chi connectivity index (χ1n) is 14.2. The number of aryl methyl sites for hydroxylation is 2. The third kappa shape index (κ3) is 5.54. The van der Waals surface area contributed by atoms with Crippen LogP contribution in [0.3, 0.4) is 0 Å². The SMILES string of the molecule is CCCc1c(Cc2ccc(-c3ccccc3C#N)cc2F)c(=O)n([C@H]2C[C@@H](OC(C)C(C)(C)O)C2)c2nc(C)nn12. The molecule has 0 spiro atoms. The van der Waals surface area contributed by atoms with Crippen LogP contribution in [0.2, 0.25) is 0 Å². The van der Waals surface area contributed by atoms with Gasteiger partial charge in [-0.25, -0.2) is 8.91 Å². The minimum absolute atomic E-state index is 0.0857. The first-order chi connectivity index (χ1) is 19.5. The lowest BCUT2D eigenvalue weighted by atomic mass is 9.88. The van der Waals surface area contributed by atoms with Gasteiger partial charge in [0.05, 0.1) is 35.1 Å². The van der Waals surface area contributed by atoms with Crippen LogP contribution in [-0.4, -0.2) is 42.1 Å². The summed E-state index contributed by atoms with van der Waals surface area (Å²) < 4.78 is 25.1. The number of hydrogen-bond donors (Lipinski definition) is 1. The van der Waals surface area contributed by atoms with E-state index in [0.717, 1.165) is 12.1 Å². The lowest BCUT2D eigenvalue weighted by Gasteiger charge is -2.40. The number of nitrogens with zero attached hydrogens (tertiary/aromatic N) is 5. The lowest BCUT2D eigenvalue weighted by molar-refractivity contribution is -0.138. The number of nitriles is 1. The average Bonchev–Trinajstić information content (AvgIpc) is 3.30. The Morgan fingerprint density at radius 2 is 1.98 bits per heavy atom. The van der Waals surface area contributed by atoms with Crippen LogP contribution in [0.1, 0.15) is 81.2 Å². The van der Waals surface area contributed by atoms with Crippen molar-refractivity contribution in [2.45, 2.75) is 90.6 Å². The summed E-state index contributed by atoms with van der Waals surface area (Å²) in [5, 5.41) is 24.4. The van der Waals surface area contributed by atoms with Gasteiger partial charge in [0.25, 0.3) is 5.56 Å². The highest BCUT2D eigenvalue weighted by Gasteiger charge is 2.38. The zero-order chi connectivity index (χ0) is 29.5. The molecule has 0 radical (unpaired) electrons. The molecule has 2 aromatic heterocycles. The largest absolute Gasteiger partial charge is 0.388 e. The van der Waals surface area contributed by atoms with Gasteiger partial charge < -0.3 is 9.84 Å². The summed E-state index contributed by atoms with van der Waals surface area (Å²) in [7, 11) is 0. The maximum absolute atomic E-state index is 15.6. The molecule has 214 valence electrons. The first-order valence-corrected chi connectivity index (χ1v) is 14.2. The molecular weight excluding hydrogens is 521 g/mol. The summed E-state index contributed by atoms with van der Waals surface area (Å²) in [6.07, 6.45) is 2.26. The lowest BCUT2D eigenvalue weighted by Crippen LogP contribution is -2.45. The molecule has 0 amide bonds. The average molecular weight is 558 g/mol. The van der Waals surface area contributed by atoms with Gasteiger partial charge in [-0.15, -0.1) is 0 Å². The fourth-order valence-electron chi connectivity index (χ4n) is 5.42. The van der Waals surface area contributed by atoms with Crippen molar-refractivity contribution in [2.75, 3.05) is 0 Å². The van der Waals surface area contributed by atoms with Crippen LogP contribution in [0.15, 0.2) is 47.3 Å². The van der Waals surface area contributed by atoms with Crippen LogP contribution in [0.5, 0.6) is 0 Å². The zero-order valence-electron chi connectivity index (χ0n) is 24.2. The molecule has 1 aliphatic carbocycles. The second kappa shape index (κ2) is 11.2. The van der Waals surface area contributed by atoms with Gasteiger partial charge in [-0.3, -0.25) is 9.36 Å². The summed E-state index contributed by atoms with van der Waals surface area (Å²) in [6, 6.07) is 14.0. The Hall–Kier alpha value is -3.87. The normalized spacial score (nSPS) is 17.8. The Morgan fingerprint density at radius 3 is 2.63 bits per heavy atom. The number of aliphatic hydroxyl groups is 1. The Balaban J connectivity index is 1.53. The van der Waals surface area contributed by atoms with Crippen LogP contribution in [0.4, 0.5) is 4.39 Å². The standard InChI is InChI=1S/C32H36FN5O3/c1-6-9-29-27(14-22-13-12-21(15-28(22)33)26-11-8-7-10-23(26)18-34)30(39)37(31-35-20(3)36-38(29)31)24-16-25(17-24)41-19(2)32(4,5)40/h7-8,10-13,15,19,24-25,40H,6,9,14,16-17H2,1-5H3/t19?,24-,25+. The number of halogens is 1. The minimum atomic E-state index is -0.968. The van der Waals surface area contributed by atoms with E-state index in [1.807, 2.05) is 19.9 Å². The number of rotatable bonds is 9. The molecule has 2 heterocycles. The number of aromatic nitrogens is 4. The number of ether oxygens (including phenoxy) is 1. The van der Waals surface area contributed by atoms with E-state index in [0.29, 0.717) is 58.7 Å². The number of fused-ring (bicyclic) bond motifs is 1. The van der Waals surface area contributed by atoms with E-state index < -0.39 is 11.4 Å². The van der Waals surface area contributed by atoms with E-state index in [-0.39, 0.29) is 30.2 Å². The topological polar surface area (TPSA) is 105 Å². The third-order valence-corrected chi connectivity index (χ3v) is 8.08. The van der Waals surface area contributed by atoms with Crippen molar-refractivity contribution in [1.82, 2.24) is 19.2 Å². The van der Waals surface area contributed by atoms with Crippen LogP contribution in [0, 0.1) is 24.1 Å². The maximum atomic E-state index is 15.6. The van der Waals surface area contributed by atoms with Crippen LogP contribution in [-0.2, 0) is 17.6 Å². The maximum Gasteiger partial charge on any atom is 0.259 e. The molecular formula is C32H36FN5O3. The summed E-state index contributed by atoms with van der Waals surface area (Å²) in [5.74, 6) is 0.612. The van der Waals surface area contributed by atoms with Gasteiger partial charge in [0.1, 0.15) is 11.6 Å². The quantitative estimate of drug-likeness (QED) is 0.299. The fraction of sp³-hybridized carbons (Fsp3) is 0.438. The van der Waals surface area contributed by atoms with Crippen molar-refractivity contribution in [3.8, 4) is 17.2 Å². The van der Waals surface area contributed by atoms with Crippen molar-refractivity contribution < 1.29 is 14.2 Å². The molecule has 1 unspecified atom stereocenters. The summed E-state index contributed by atoms with van der Waals surface area (Å²) in [5.41, 5.74) is 2.23. The molecule has 8 nitrogen and oxygen atoms in total. The van der Waals surface area contributed by atoms with Gasteiger partial charge in [0, 0.05) is 18.0 Å². The predicted molar refractivity (Wildman–Crippen MR) is 154 cm³/mol. The van der Waals surface area contributed by atoms with Gasteiger partial charge in [0.2, 0.25) is 5.78 Å². The Morgan fingerprint density at radius 1 is 1.24 bits per heavy atom. The summed E-state index contributed by atoms with van der Waals surface area (Å²) >= 11 is 0. The highest BCUT2D eigenvalue weighted by Crippen LogP contribution is 2.37. The smallest absolute Gasteiger partial charge is 0.259 e. The molecule has 0 aliphatic heterocycles. The second-order valence-corrected chi connectivity index (χ2v) is 11.5. The molecule has 41 heavy (non-hydrogen) atoms. The molecule has 0 saturated heterocycles. The van der Waals surface area contributed by atoms with Crippen LogP contribution >= 0.6 is 0 Å². The molecule has 1 saturated carbocycles. The molecule has 2 aromatic carbocycles. The molecule has 9 heteroatoms. The van der Waals surface area contributed by atoms with Crippen molar-refractivity contribution in [3.63, 3.8) is 0 Å². The minimum Gasteiger partial charge on any atom is -0.388 e. The van der Waals surface area contributed by atoms with Crippen molar-refractivity contribution in [2.24, 2.45) is 0 Å². The second-order valence-electron chi connectivity index (χ2n) is 11.5. The van der Waals surface area contributed by atoms with E-state index in [4.69, 9.17) is 4.74 Å². The highest BCUT2D eigenvalue weighted by molar-refractivity contribution is 5.70. The molecule has 1 fully saturated rings. The molecule has 4 aromatic rings. The predicted octanol–water partition coefficient (Wildman–Crippen LogP) is 5.30. The van der Waals surface area contributed by atoms with E-state index >= 15 is 4.39 Å². The first kappa shape index (κ1) is 28.7. The molecule has 1 aliphatic rings. The van der Waals surface area contributed by atoms with Crippen molar-refractivity contribution in [1.29, 1.82) is 5.26 Å². The Kier molecular flexibility index (Phi) is 7.82. The van der Waals surface area contributed by atoms with E-state index in [1.165, 1.54) is 6.07 Å². The zero-order valence-corrected chi connectivity index (χ0v) is 24.2. The van der Waals surface area contributed by atoms with Crippen LogP contribution < -0.4 is 5.56 Å². The summed E-state index contributed by atoms with van der Waals surface area (Å²) in [4.78, 5) is 18.7. The van der Waals surface area contributed by atoms with Gasteiger partial charge in [-0.05, 0) is 75.8 Å². The molecule has 1 atom stereocenters. The Labute approximate surface area is 239 Å². The van der Waals surface area contributed by atoms with Crippen molar-refractivity contribution in [3.05, 3.63) is 86.8 Å². The van der Waals surface area contributed by atoms with E-state index in [9.17, 15) is 15.2 Å². The number of benzene rings is 2. The highest BCUT2D eigenvalue weighted by atomic mass is 19.1. The molecule has 0 bridgehead atoms. The van der Waals surface area contributed by atoms with Crippen molar-refractivity contribution >= 4 is 5.78 Å². The van der Waals surface area contributed by atoms with Gasteiger partial charge in [0.15, 0.2) is 0 Å². The number of hydrogen-bond acceptors (Lipinski definition) is 6. The van der Waals surface area contributed by atoms with Gasteiger partial charge >= 0.3 is 0 Å². The molecule has 5 rings (SSSR count). The monoisotopic (exact) mass is 557 g/mol. The third-order valence-electron chi connectivity index (χ3n) is 8.08. The van der Waals surface area contributed by atoms with E-state index in [1.54, 1.807) is 60.2 Å². The molecule has 1 N–H and O–H groups in total. The Bertz CT molecular complexity index is 1690. The van der Waals surface area contributed by atoms with Gasteiger partial charge in [-0.1, -0.05) is 43.7 Å². The van der Waals surface area contributed by atoms with Crippen LogP contribution in [0.25, 0.3) is 16.9 Å². The summed E-state index contributed by atoms with van der Waals surface area (Å²) in [6.45, 7) is 9.11. The fourth-order valence-corrected chi connectivity index (χ4v) is 5.42. The van der Waals surface area contributed by atoms with Gasteiger partial charge in [-0.2, -0.15) is 15.3 Å².